The lowest BCUT2D eigenvalue weighted by Gasteiger charge is -2.23. The molecular formula is C21H23N7O. The van der Waals surface area contributed by atoms with Gasteiger partial charge in [-0.3, -0.25) is 4.79 Å². The van der Waals surface area contributed by atoms with Crippen LogP contribution in [0.4, 0.5) is 5.95 Å². The zero-order valence-electron chi connectivity index (χ0n) is 16.6. The number of aromatic nitrogens is 5. The van der Waals surface area contributed by atoms with E-state index < -0.39 is 0 Å². The second-order valence-electron chi connectivity index (χ2n) is 7.94. The Labute approximate surface area is 169 Å². The Balaban J connectivity index is 1.32. The molecule has 1 amide bonds. The molecule has 2 fully saturated rings. The van der Waals surface area contributed by atoms with Gasteiger partial charge in [-0.2, -0.15) is 5.10 Å². The smallest absolute Gasteiger partial charge is 0.256 e. The lowest BCUT2D eigenvalue weighted by atomic mass is 10.0. The van der Waals surface area contributed by atoms with Crippen LogP contribution in [0.1, 0.15) is 21.7 Å². The molecule has 8 heteroatoms. The number of hydrogen-bond donors (Lipinski definition) is 0. The summed E-state index contributed by atoms with van der Waals surface area (Å²) in [5.41, 5.74) is 3.40. The van der Waals surface area contributed by atoms with Gasteiger partial charge in [-0.25, -0.2) is 19.6 Å². The van der Waals surface area contributed by atoms with E-state index in [1.807, 2.05) is 49.1 Å². The van der Waals surface area contributed by atoms with Crippen LogP contribution in [-0.4, -0.2) is 61.7 Å². The van der Waals surface area contributed by atoms with E-state index in [1.165, 1.54) is 6.33 Å². The van der Waals surface area contributed by atoms with Crippen LogP contribution in [-0.2, 0) is 0 Å². The molecular weight excluding hydrogens is 366 g/mol. The van der Waals surface area contributed by atoms with Crippen molar-refractivity contribution >= 4 is 11.9 Å². The predicted octanol–water partition coefficient (Wildman–Crippen LogP) is 1.88. The van der Waals surface area contributed by atoms with E-state index in [9.17, 15) is 4.79 Å². The van der Waals surface area contributed by atoms with Crippen molar-refractivity contribution in [1.82, 2.24) is 29.6 Å². The summed E-state index contributed by atoms with van der Waals surface area (Å²) in [6.45, 7) is 7.31. The van der Waals surface area contributed by atoms with Crippen LogP contribution in [0, 0.1) is 25.7 Å². The molecule has 2 unspecified atom stereocenters. The second kappa shape index (κ2) is 6.95. The number of fused-ring (bicyclic) bond motifs is 1. The first-order valence-corrected chi connectivity index (χ1v) is 9.89. The van der Waals surface area contributed by atoms with Gasteiger partial charge in [0.05, 0.1) is 11.3 Å². The zero-order chi connectivity index (χ0) is 20.0. The number of amides is 1. The minimum atomic E-state index is 0.0553. The zero-order valence-corrected chi connectivity index (χ0v) is 16.6. The van der Waals surface area contributed by atoms with Crippen LogP contribution < -0.4 is 4.90 Å². The van der Waals surface area contributed by atoms with Crippen LogP contribution in [0.15, 0.2) is 43.0 Å². The molecule has 3 aromatic rings. The number of nitrogens with zero attached hydrogens (tertiary/aromatic N) is 7. The van der Waals surface area contributed by atoms with Gasteiger partial charge in [-0.1, -0.05) is 12.1 Å². The number of benzene rings is 1. The topological polar surface area (TPSA) is 80.0 Å². The maximum atomic E-state index is 13.3. The van der Waals surface area contributed by atoms with Crippen molar-refractivity contribution in [3.05, 3.63) is 59.9 Å². The van der Waals surface area contributed by atoms with E-state index in [-0.39, 0.29) is 5.91 Å². The van der Waals surface area contributed by atoms with Crippen molar-refractivity contribution in [3.8, 4) is 5.69 Å². The standard InChI is InChI=1S/C21H23N7O/c1-14-7-15(2)25-21(24-14)27-10-16-8-26(9-17(16)11-27)20(29)18-5-3-4-6-19(18)28-13-22-12-23-28/h3-7,12-13,16-17H,8-11H2,1-2H3. The third kappa shape index (κ3) is 3.24. The van der Waals surface area contributed by atoms with Crippen LogP contribution >= 0.6 is 0 Å². The van der Waals surface area contributed by atoms with E-state index in [0.717, 1.165) is 49.2 Å². The molecule has 1 aromatic carbocycles. The van der Waals surface area contributed by atoms with Gasteiger partial charge in [0.25, 0.3) is 5.91 Å². The number of hydrogen-bond acceptors (Lipinski definition) is 6. The SMILES string of the molecule is Cc1cc(C)nc(N2CC3CN(C(=O)c4ccccc4-n4cncn4)CC3C2)n1. The Kier molecular flexibility index (Phi) is 4.26. The summed E-state index contributed by atoms with van der Waals surface area (Å²) in [4.78, 5) is 30.7. The maximum Gasteiger partial charge on any atom is 0.256 e. The molecule has 2 atom stereocenters. The monoisotopic (exact) mass is 389 g/mol. The first kappa shape index (κ1) is 17.8. The quantitative estimate of drug-likeness (QED) is 0.681. The molecule has 4 heterocycles. The highest BCUT2D eigenvalue weighted by Gasteiger charge is 2.42. The largest absolute Gasteiger partial charge is 0.340 e. The van der Waals surface area contributed by atoms with Crippen LogP contribution in [0.2, 0.25) is 0 Å². The summed E-state index contributed by atoms with van der Waals surface area (Å²) in [6.07, 6.45) is 3.09. The van der Waals surface area contributed by atoms with Crippen LogP contribution in [0.25, 0.3) is 5.69 Å². The molecule has 148 valence electrons. The highest BCUT2D eigenvalue weighted by Crippen LogP contribution is 2.34. The van der Waals surface area contributed by atoms with Gasteiger partial charge in [0.2, 0.25) is 5.95 Å². The highest BCUT2D eigenvalue weighted by atomic mass is 16.2. The molecule has 5 rings (SSSR count). The number of anilines is 1. The maximum absolute atomic E-state index is 13.3. The summed E-state index contributed by atoms with van der Waals surface area (Å²) in [7, 11) is 0. The molecule has 8 nitrogen and oxygen atoms in total. The van der Waals surface area contributed by atoms with Crippen LogP contribution in [0.5, 0.6) is 0 Å². The van der Waals surface area contributed by atoms with E-state index in [2.05, 4.69) is 25.0 Å². The first-order chi connectivity index (χ1) is 14.1. The van der Waals surface area contributed by atoms with Gasteiger partial charge in [-0.05, 0) is 32.0 Å². The molecule has 2 aromatic heterocycles. The molecule has 0 aliphatic carbocycles. The predicted molar refractivity (Wildman–Crippen MR) is 108 cm³/mol. The number of rotatable bonds is 3. The average Bonchev–Trinajstić information content (AvgIpc) is 3.43. The van der Waals surface area contributed by atoms with E-state index in [1.54, 1.807) is 11.0 Å². The Morgan fingerprint density at radius 3 is 2.34 bits per heavy atom. The minimum absolute atomic E-state index is 0.0553. The fourth-order valence-corrected chi connectivity index (χ4v) is 4.53. The average molecular weight is 389 g/mol. The summed E-state index contributed by atoms with van der Waals surface area (Å²) in [6, 6.07) is 9.56. The number of likely N-dealkylation sites (tertiary alicyclic amines) is 1. The lowest BCUT2D eigenvalue weighted by molar-refractivity contribution is 0.0782. The Hall–Kier alpha value is -3.29. The number of carbonyl (C=O) groups excluding carboxylic acids is 1. The van der Waals surface area contributed by atoms with Crippen molar-refractivity contribution in [3.63, 3.8) is 0 Å². The molecule has 2 aliphatic rings. The molecule has 2 aliphatic heterocycles. The molecule has 0 saturated carbocycles. The Morgan fingerprint density at radius 2 is 1.69 bits per heavy atom. The molecule has 0 bridgehead atoms. The Morgan fingerprint density at radius 1 is 1.00 bits per heavy atom. The fourth-order valence-electron chi connectivity index (χ4n) is 4.53. The first-order valence-electron chi connectivity index (χ1n) is 9.89. The molecule has 0 spiro atoms. The van der Waals surface area contributed by atoms with Gasteiger partial charge in [0, 0.05) is 49.4 Å². The Bertz CT molecular complexity index is 1010. The third-order valence-corrected chi connectivity index (χ3v) is 5.83. The normalized spacial score (nSPS) is 20.9. The summed E-state index contributed by atoms with van der Waals surface area (Å²) >= 11 is 0. The van der Waals surface area contributed by atoms with Crippen LogP contribution in [0.3, 0.4) is 0 Å². The minimum Gasteiger partial charge on any atom is -0.340 e. The summed E-state index contributed by atoms with van der Waals surface area (Å²) in [5, 5.41) is 4.19. The van der Waals surface area contributed by atoms with Gasteiger partial charge < -0.3 is 9.80 Å². The van der Waals surface area contributed by atoms with E-state index in [4.69, 9.17) is 0 Å². The molecule has 0 radical (unpaired) electrons. The summed E-state index contributed by atoms with van der Waals surface area (Å²) in [5.74, 6) is 1.76. The second-order valence-corrected chi connectivity index (χ2v) is 7.94. The number of para-hydroxylation sites is 1. The highest BCUT2D eigenvalue weighted by molar-refractivity contribution is 5.98. The van der Waals surface area contributed by atoms with Gasteiger partial charge in [-0.15, -0.1) is 0 Å². The van der Waals surface area contributed by atoms with Gasteiger partial charge in [0.15, 0.2) is 0 Å². The van der Waals surface area contributed by atoms with Crippen molar-refractivity contribution < 1.29 is 4.79 Å². The lowest BCUT2D eigenvalue weighted by Crippen LogP contribution is -2.34. The number of carbonyl (C=O) groups is 1. The molecule has 0 N–H and O–H groups in total. The van der Waals surface area contributed by atoms with E-state index >= 15 is 0 Å². The van der Waals surface area contributed by atoms with Gasteiger partial charge in [0.1, 0.15) is 12.7 Å². The fraction of sp³-hybridized carbons (Fsp3) is 0.381. The van der Waals surface area contributed by atoms with Crippen molar-refractivity contribution in [1.29, 1.82) is 0 Å². The van der Waals surface area contributed by atoms with Crippen molar-refractivity contribution in [2.75, 3.05) is 31.1 Å². The molecule has 29 heavy (non-hydrogen) atoms. The number of aryl methyl sites for hydroxylation is 2. The molecule has 2 saturated heterocycles. The summed E-state index contributed by atoms with van der Waals surface area (Å²) < 4.78 is 1.64. The van der Waals surface area contributed by atoms with Crippen molar-refractivity contribution in [2.45, 2.75) is 13.8 Å². The third-order valence-electron chi connectivity index (χ3n) is 5.83. The van der Waals surface area contributed by atoms with E-state index in [0.29, 0.717) is 17.4 Å². The van der Waals surface area contributed by atoms with Crippen molar-refractivity contribution in [2.24, 2.45) is 11.8 Å². The van der Waals surface area contributed by atoms with Gasteiger partial charge >= 0.3 is 0 Å².